The Morgan fingerprint density at radius 1 is 1.28 bits per heavy atom. The molecule has 0 radical (unpaired) electrons. The first kappa shape index (κ1) is 17.0. The van der Waals surface area contributed by atoms with Crippen LogP contribution in [0.1, 0.15) is 17.3 Å². The Balaban J connectivity index is 1.74. The molecule has 1 unspecified atom stereocenters. The van der Waals surface area contributed by atoms with Crippen molar-refractivity contribution < 1.29 is 14.6 Å². The molecule has 0 bridgehead atoms. The van der Waals surface area contributed by atoms with E-state index >= 15 is 0 Å². The number of hydrogen-bond donors (Lipinski definition) is 1. The lowest BCUT2D eigenvalue weighted by Crippen LogP contribution is -2.34. The highest BCUT2D eigenvalue weighted by molar-refractivity contribution is 5.78. The minimum atomic E-state index is -0.407. The van der Waals surface area contributed by atoms with Crippen molar-refractivity contribution in [2.24, 2.45) is 0 Å². The van der Waals surface area contributed by atoms with Gasteiger partial charge in [0.25, 0.3) is 0 Å². The van der Waals surface area contributed by atoms with Crippen LogP contribution in [0.5, 0.6) is 5.75 Å². The fourth-order valence-corrected chi connectivity index (χ4v) is 2.80. The highest BCUT2D eigenvalue weighted by Gasteiger charge is 2.22. The summed E-state index contributed by atoms with van der Waals surface area (Å²) in [5.41, 5.74) is 2.37. The van der Waals surface area contributed by atoms with E-state index in [-0.39, 0.29) is 18.9 Å². The molecule has 6 nitrogen and oxygen atoms in total. The van der Waals surface area contributed by atoms with Crippen molar-refractivity contribution in [3.63, 3.8) is 0 Å². The Bertz CT molecular complexity index is 825. The van der Waals surface area contributed by atoms with Crippen LogP contribution in [0, 0.1) is 0 Å². The van der Waals surface area contributed by atoms with Gasteiger partial charge >= 0.3 is 0 Å². The standard InChI is InChI=1S/C19H21N3O3/c1-21(17(13-23)14-6-8-16(25-2)9-7-14)19(24)11-15-12-22-10-4-3-5-18(22)20-15/h3-10,12,17,23H,11,13H2,1-2H3. The summed E-state index contributed by atoms with van der Waals surface area (Å²) in [6.45, 7) is -0.153. The fraction of sp³-hybridized carbons (Fsp3) is 0.263. The Morgan fingerprint density at radius 3 is 2.68 bits per heavy atom. The second-order valence-electron chi connectivity index (χ2n) is 5.85. The zero-order valence-corrected chi connectivity index (χ0v) is 14.3. The maximum absolute atomic E-state index is 12.6. The zero-order valence-electron chi connectivity index (χ0n) is 14.3. The number of pyridine rings is 1. The van der Waals surface area contributed by atoms with Gasteiger partial charge in [0, 0.05) is 19.4 Å². The lowest BCUT2D eigenvalue weighted by Gasteiger charge is -2.27. The molecule has 0 aliphatic rings. The quantitative estimate of drug-likeness (QED) is 0.747. The van der Waals surface area contributed by atoms with Crippen molar-refractivity contribution in [1.82, 2.24) is 14.3 Å². The van der Waals surface area contributed by atoms with E-state index in [1.54, 1.807) is 19.1 Å². The third-order valence-electron chi connectivity index (χ3n) is 4.28. The number of benzene rings is 1. The maximum Gasteiger partial charge on any atom is 0.228 e. The smallest absolute Gasteiger partial charge is 0.228 e. The minimum Gasteiger partial charge on any atom is -0.497 e. The van der Waals surface area contributed by atoms with Crippen LogP contribution in [-0.2, 0) is 11.2 Å². The summed E-state index contributed by atoms with van der Waals surface area (Å²) in [6.07, 6.45) is 3.93. The molecule has 25 heavy (non-hydrogen) atoms. The molecule has 0 saturated heterocycles. The predicted molar refractivity (Wildman–Crippen MR) is 94.5 cm³/mol. The van der Waals surface area contributed by atoms with Crippen molar-refractivity contribution in [1.29, 1.82) is 0 Å². The van der Waals surface area contributed by atoms with Gasteiger partial charge in [0.15, 0.2) is 0 Å². The minimum absolute atomic E-state index is 0.0988. The molecule has 0 spiro atoms. The lowest BCUT2D eigenvalue weighted by molar-refractivity contribution is -0.132. The number of nitrogens with zero attached hydrogens (tertiary/aromatic N) is 3. The van der Waals surface area contributed by atoms with Gasteiger partial charge in [-0.15, -0.1) is 0 Å². The van der Waals surface area contributed by atoms with Gasteiger partial charge in [0.1, 0.15) is 11.4 Å². The zero-order chi connectivity index (χ0) is 17.8. The van der Waals surface area contributed by atoms with Crippen LogP contribution in [-0.4, -0.2) is 46.1 Å². The van der Waals surface area contributed by atoms with Gasteiger partial charge in [-0.25, -0.2) is 4.98 Å². The van der Waals surface area contributed by atoms with E-state index in [1.165, 1.54) is 0 Å². The van der Waals surface area contributed by atoms with Crippen molar-refractivity contribution in [2.75, 3.05) is 20.8 Å². The molecule has 0 aliphatic carbocycles. The molecule has 1 N–H and O–H groups in total. The predicted octanol–water partition coefficient (Wildman–Crippen LogP) is 2.08. The number of imidazole rings is 1. The molecule has 0 fully saturated rings. The molecule has 3 aromatic rings. The first-order chi connectivity index (χ1) is 12.1. The van der Waals surface area contributed by atoms with Gasteiger partial charge in [-0.05, 0) is 29.8 Å². The molecule has 1 atom stereocenters. The van der Waals surface area contributed by atoms with Crippen LogP contribution in [0.15, 0.2) is 54.9 Å². The summed E-state index contributed by atoms with van der Waals surface area (Å²) in [5, 5.41) is 9.76. The fourth-order valence-electron chi connectivity index (χ4n) is 2.80. The Morgan fingerprint density at radius 2 is 2.04 bits per heavy atom. The third kappa shape index (κ3) is 3.64. The van der Waals surface area contributed by atoms with E-state index in [9.17, 15) is 9.90 Å². The molecule has 0 saturated carbocycles. The molecule has 2 aromatic heterocycles. The SMILES string of the molecule is COc1ccc(C(CO)N(C)C(=O)Cc2cn3ccccc3n2)cc1. The monoisotopic (exact) mass is 339 g/mol. The summed E-state index contributed by atoms with van der Waals surface area (Å²) in [4.78, 5) is 18.6. The molecular formula is C19H21N3O3. The molecular weight excluding hydrogens is 318 g/mol. The number of aliphatic hydroxyl groups excluding tert-OH is 1. The van der Waals surface area contributed by atoms with Crippen molar-refractivity contribution in [3.05, 3.63) is 66.1 Å². The number of carbonyl (C=O) groups is 1. The molecule has 6 heteroatoms. The highest BCUT2D eigenvalue weighted by Crippen LogP contribution is 2.22. The summed E-state index contributed by atoms with van der Waals surface area (Å²) in [7, 11) is 3.30. The third-order valence-corrected chi connectivity index (χ3v) is 4.28. The molecule has 1 amide bonds. The molecule has 3 rings (SSSR count). The molecule has 2 heterocycles. The van der Waals surface area contributed by atoms with Gasteiger partial charge in [-0.2, -0.15) is 0 Å². The average Bonchev–Trinajstić information content (AvgIpc) is 3.05. The van der Waals surface area contributed by atoms with E-state index in [0.717, 1.165) is 17.0 Å². The Labute approximate surface area is 146 Å². The topological polar surface area (TPSA) is 67.1 Å². The second-order valence-corrected chi connectivity index (χ2v) is 5.85. The van der Waals surface area contributed by atoms with Crippen LogP contribution in [0.4, 0.5) is 0 Å². The van der Waals surface area contributed by atoms with Crippen LogP contribution < -0.4 is 4.74 Å². The molecule has 130 valence electrons. The van der Waals surface area contributed by atoms with Gasteiger partial charge in [-0.1, -0.05) is 18.2 Å². The molecule has 0 aliphatic heterocycles. The van der Waals surface area contributed by atoms with E-state index in [0.29, 0.717) is 5.69 Å². The first-order valence-electron chi connectivity index (χ1n) is 8.05. The van der Waals surface area contributed by atoms with Crippen molar-refractivity contribution >= 4 is 11.6 Å². The van der Waals surface area contributed by atoms with E-state index in [4.69, 9.17) is 4.74 Å². The van der Waals surface area contributed by atoms with Crippen molar-refractivity contribution in [3.8, 4) is 5.75 Å². The Kier molecular flexibility index (Phi) is 5.00. The van der Waals surface area contributed by atoms with Gasteiger partial charge < -0.3 is 19.1 Å². The molecule has 1 aromatic carbocycles. The number of fused-ring (bicyclic) bond motifs is 1. The van der Waals surface area contributed by atoms with Crippen LogP contribution in [0.25, 0.3) is 5.65 Å². The van der Waals surface area contributed by atoms with E-state index in [2.05, 4.69) is 4.98 Å². The summed E-state index contributed by atoms with van der Waals surface area (Å²) in [5.74, 6) is 0.636. The van der Waals surface area contributed by atoms with E-state index in [1.807, 2.05) is 59.3 Å². The van der Waals surface area contributed by atoms with Gasteiger partial charge in [-0.3, -0.25) is 4.79 Å². The van der Waals surface area contributed by atoms with Crippen molar-refractivity contribution in [2.45, 2.75) is 12.5 Å². The highest BCUT2D eigenvalue weighted by atomic mass is 16.5. The number of ether oxygens (including phenoxy) is 1. The summed E-state index contributed by atoms with van der Waals surface area (Å²) >= 11 is 0. The van der Waals surface area contributed by atoms with Crippen LogP contribution >= 0.6 is 0 Å². The number of aromatic nitrogens is 2. The van der Waals surface area contributed by atoms with Crippen LogP contribution in [0.3, 0.4) is 0 Å². The number of hydrogen-bond acceptors (Lipinski definition) is 4. The number of carbonyl (C=O) groups excluding carboxylic acids is 1. The largest absolute Gasteiger partial charge is 0.497 e. The lowest BCUT2D eigenvalue weighted by atomic mass is 10.1. The van der Waals surface area contributed by atoms with Gasteiger partial charge in [0.2, 0.25) is 5.91 Å². The number of aliphatic hydroxyl groups is 1. The number of rotatable bonds is 6. The summed E-state index contributed by atoms with van der Waals surface area (Å²) in [6, 6.07) is 12.7. The second kappa shape index (κ2) is 7.36. The number of amides is 1. The number of methoxy groups -OCH3 is 1. The Hall–Kier alpha value is -2.86. The van der Waals surface area contributed by atoms with Gasteiger partial charge in [0.05, 0.1) is 31.9 Å². The summed E-state index contributed by atoms with van der Waals surface area (Å²) < 4.78 is 7.03. The first-order valence-corrected chi connectivity index (χ1v) is 8.05. The van der Waals surface area contributed by atoms with E-state index < -0.39 is 6.04 Å². The maximum atomic E-state index is 12.6. The number of likely N-dealkylation sites (N-methyl/N-ethyl adjacent to an activating group) is 1. The average molecular weight is 339 g/mol. The normalized spacial score (nSPS) is 12.1. The van der Waals surface area contributed by atoms with Crippen LogP contribution in [0.2, 0.25) is 0 Å².